The van der Waals surface area contributed by atoms with Gasteiger partial charge >= 0.3 is 5.97 Å². The SMILES string of the molecule is CN(CC(=O)O)[C@@H]1CN(C(=O)c2cc3ccccc3o2)C[C@H]1O. The van der Waals surface area contributed by atoms with Crippen LogP contribution in [0.15, 0.2) is 34.7 Å². The van der Waals surface area contributed by atoms with Crippen molar-refractivity contribution in [1.29, 1.82) is 0 Å². The molecule has 1 fully saturated rings. The van der Waals surface area contributed by atoms with E-state index in [0.29, 0.717) is 5.58 Å². The molecule has 2 atom stereocenters. The summed E-state index contributed by atoms with van der Waals surface area (Å²) in [6.45, 7) is 0.236. The molecule has 2 aromatic rings. The fourth-order valence-electron chi connectivity index (χ4n) is 2.94. The number of benzene rings is 1. The lowest BCUT2D eigenvalue weighted by Gasteiger charge is -2.24. The second kappa shape index (κ2) is 6.02. The molecule has 1 aliphatic heterocycles. The molecule has 0 saturated carbocycles. The monoisotopic (exact) mass is 318 g/mol. The Bertz CT molecular complexity index is 708. The Hall–Kier alpha value is -2.38. The lowest BCUT2D eigenvalue weighted by Crippen LogP contribution is -2.43. The highest BCUT2D eigenvalue weighted by atomic mass is 16.4. The summed E-state index contributed by atoms with van der Waals surface area (Å²) in [4.78, 5) is 26.4. The normalized spacial score (nSPS) is 21.3. The fraction of sp³-hybridized carbons (Fsp3) is 0.375. The molecule has 0 bridgehead atoms. The zero-order valence-electron chi connectivity index (χ0n) is 12.7. The maximum atomic E-state index is 12.5. The maximum absolute atomic E-state index is 12.5. The van der Waals surface area contributed by atoms with Crippen molar-refractivity contribution in [1.82, 2.24) is 9.80 Å². The van der Waals surface area contributed by atoms with E-state index in [1.165, 1.54) is 4.90 Å². The molecule has 1 aliphatic rings. The minimum atomic E-state index is -0.971. The molecule has 0 radical (unpaired) electrons. The van der Waals surface area contributed by atoms with E-state index in [1.807, 2.05) is 18.2 Å². The van der Waals surface area contributed by atoms with Crippen molar-refractivity contribution in [2.24, 2.45) is 0 Å². The van der Waals surface area contributed by atoms with Crippen LogP contribution < -0.4 is 0 Å². The number of likely N-dealkylation sites (tertiary alicyclic amines) is 1. The number of β-amino-alcohol motifs (C(OH)–C–C–N with tert-alkyl or cyclic N) is 1. The van der Waals surface area contributed by atoms with Gasteiger partial charge in [-0.25, -0.2) is 0 Å². The predicted octanol–water partition coefficient (Wildman–Crippen LogP) is 0.634. The van der Waals surface area contributed by atoms with Crippen molar-refractivity contribution in [2.75, 3.05) is 26.7 Å². The molecule has 2 N–H and O–H groups in total. The van der Waals surface area contributed by atoms with E-state index in [4.69, 9.17) is 9.52 Å². The molecule has 2 heterocycles. The number of para-hydroxylation sites is 1. The molecule has 0 aliphatic carbocycles. The van der Waals surface area contributed by atoms with Crippen molar-refractivity contribution in [3.05, 3.63) is 36.1 Å². The van der Waals surface area contributed by atoms with Crippen LogP contribution in [0.2, 0.25) is 0 Å². The van der Waals surface area contributed by atoms with E-state index in [1.54, 1.807) is 24.1 Å². The number of likely N-dealkylation sites (N-methyl/N-ethyl adjacent to an activating group) is 1. The number of hydrogen-bond donors (Lipinski definition) is 2. The molecule has 0 unspecified atom stereocenters. The number of furan rings is 1. The van der Waals surface area contributed by atoms with Crippen LogP contribution in [0.4, 0.5) is 0 Å². The first-order chi connectivity index (χ1) is 11.0. The Morgan fingerprint density at radius 2 is 2.09 bits per heavy atom. The Morgan fingerprint density at radius 1 is 1.35 bits per heavy atom. The summed E-state index contributed by atoms with van der Waals surface area (Å²) in [7, 11) is 1.62. The molecule has 122 valence electrons. The number of carbonyl (C=O) groups excluding carboxylic acids is 1. The van der Waals surface area contributed by atoms with Gasteiger partial charge in [0.05, 0.1) is 18.7 Å². The van der Waals surface area contributed by atoms with E-state index in [-0.39, 0.29) is 31.3 Å². The minimum absolute atomic E-state index is 0.157. The second-order valence-electron chi connectivity index (χ2n) is 5.80. The molecule has 3 rings (SSSR count). The molecule has 1 saturated heterocycles. The number of fused-ring (bicyclic) bond motifs is 1. The van der Waals surface area contributed by atoms with E-state index >= 15 is 0 Å². The highest BCUT2D eigenvalue weighted by Crippen LogP contribution is 2.23. The number of amides is 1. The van der Waals surface area contributed by atoms with Crippen LogP contribution in [0, 0.1) is 0 Å². The van der Waals surface area contributed by atoms with E-state index in [9.17, 15) is 14.7 Å². The molecule has 23 heavy (non-hydrogen) atoms. The van der Waals surface area contributed by atoms with Crippen molar-refractivity contribution in [2.45, 2.75) is 12.1 Å². The van der Waals surface area contributed by atoms with Crippen molar-refractivity contribution in [3.8, 4) is 0 Å². The van der Waals surface area contributed by atoms with E-state index < -0.39 is 18.1 Å². The Labute approximate surface area is 132 Å². The molecule has 7 heteroatoms. The number of nitrogens with zero attached hydrogens (tertiary/aromatic N) is 2. The lowest BCUT2D eigenvalue weighted by atomic mass is 10.2. The molecule has 1 aromatic heterocycles. The standard InChI is InChI=1S/C16H18N2O5/c1-17(9-15(20)21)11-7-18(8-12(11)19)16(22)14-6-10-4-2-3-5-13(10)23-14/h2-6,11-12,19H,7-9H2,1H3,(H,20,21)/t11-,12-/m1/s1. The number of aliphatic hydroxyl groups excluding tert-OH is 1. The van der Waals surface area contributed by atoms with Gasteiger partial charge in [0.25, 0.3) is 5.91 Å². The summed E-state index contributed by atoms with van der Waals surface area (Å²) in [5, 5.41) is 19.8. The van der Waals surface area contributed by atoms with Gasteiger partial charge in [-0.3, -0.25) is 14.5 Å². The Balaban J connectivity index is 1.74. The summed E-state index contributed by atoms with van der Waals surface area (Å²) in [6.07, 6.45) is -0.785. The third-order valence-electron chi connectivity index (χ3n) is 4.13. The first-order valence-electron chi connectivity index (χ1n) is 7.33. The highest BCUT2D eigenvalue weighted by Gasteiger charge is 2.38. The minimum Gasteiger partial charge on any atom is -0.480 e. The van der Waals surface area contributed by atoms with Gasteiger partial charge in [0.15, 0.2) is 5.76 Å². The maximum Gasteiger partial charge on any atom is 0.317 e. The number of hydrogen-bond acceptors (Lipinski definition) is 5. The van der Waals surface area contributed by atoms with Gasteiger partial charge in [-0.05, 0) is 19.2 Å². The van der Waals surface area contributed by atoms with Crippen LogP contribution in [0.25, 0.3) is 11.0 Å². The Morgan fingerprint density at radius 3 is 2.78 bits per heavy atom. The summed E-state index contributed by atoms with van der Waals surface area (Å²) < 4.78 is 5.56. The van der Waals surface area contributed by atoms with Crippen LogP contribution >= 0.6 is 0 Å². The zero-order chi connectivity index (χ0) is 16.6. The quantitative estimate of drug-likeness (QED) is 0.859. The van der Waals surface area contributed by atoms with Crippen LogP contribution in [-0.4, -0.2) is 70.7 Å². The third kappa shape index (κ3) is 3.06. The average molecular weight is 318 g/mol. The third-order valence-corrected chi connectivity index (χ3v) is 4.13. The van der Waals surface area contributed by atoms with Gasteiger partial charge in [-0.1, -0.05) is 18.2 Å². The number of carbonyl (C=O) groups is 2. The largest absolute Gasteiger partial charge is 0.480 e. The first-order valence-corrected chi connectivity index (χ1v) is 7.33. The van der Waals surface area contributed by atoms with Gasteiger partial charge < -0.3 is 19.5 Å². The van der Waals surface area contributed by atoms with Crippen LogP contribution in [0.1, 0.15) is 10.6 Å². The molecule has 1 aromatic carbocycles. The predicted molar refractivity (Wildman–Crippen MR) is 82.2 cm³/mol. The topological polar surface area (TPSA) is 94.2 Å². The summed E-state index contributed by atoms with van der Waals surface area (Å²) >= 11 is 0. The van der Waals surface area contributed by atoms with Gasteiger partial charge in [-0.15, -0.1) is 0 Å². The summed E-state index contributed by atoms with van der Waals surface area (Å²) in [6, 6.07) is 8.61. The zero-order valence-corrected chi connectivity index (χ0v) is 12.7. The number of aliphatic hydroxyl groups is 1. The van der Waals surface area contributed by atoms with Crippen LogP contribution in [-0.2, 0) is 4.79 Å². The van der Waals surface area contributed by atoms with Crippen molar-refractivity contribution < 1.29 is 24.2 Å². The fourth-order valence-corrected chi connectivity index (χ4v) is 2.94. The van der Waals surface area contributed by atoms with Gasteiger partial charge in [0, 0.05) is 18.5 Å². The highest BCUT2D eigenvalue weighted by molar-refractivity contribution is 5.96. The van der Waals surface area contributed by atoms with E-state index in [0.717, 1.165) is 5.39 Å². The first kappa shape index (κ1) is 15.5. The molecular formula is C16H18N2O5. The smallest absolute Gasteiger partial charge is 0.317 e. The molecule has 0 spiro atoms. The number of carboxylic acid groups (broad SMARTS) is 1. The van der Waals surface area contributed by atoms with Gasteiger partial charge in [-0.2, -0.15) is 0 Å². The summed E-state index contributed by atoms with van der Waals surface area (Å²) in [5.74, 6) is -1.05. The molecule has 1 amide bonds. The Kier molecular flexibility index (Phi) is 4.06. The van der Waals surface area contributed by atoms with Crippen molar-refractivity contribution >= 4 is 22.8 Å². The molecule has 7 nitrogen and oxygen atoms in total. The lowest BCUT2D eigenvalue weighted by molar-refractivity contribution is -0.138. The average Bonchev–Trinajstić information content (AvgIpc) is 3.09. The molecular weight excluding hydrogens is 300 g/mol. The number of carboxylic acids is 1. The second-order valence-corrected chi connectivity index (χ2v) is 5.80. The number of rotatable bonds is 4. The van der Waals surface area contributed by atoms with Crippen molar-refractivity contribution in [3.63, 3.8) is 0 Å². The van der Waals surface area contributed by atoms with Gasteiger partial charge in [0.2, 0.25) is 0 Å². The van der Waals surface area contributed by atoms with Gasteiger partial charge in [0.1, 0.15) is 5.58 Å². The number of aliphatic carboxylic acids is 1. The van der Waals surface area contributed by atoms with Crippen LogP contribution in [0.3, 0.4) is 0 Å². The van der Waals surface area contributed by atoms with E-state index in [2.05, 4.69) is 0 Å². The summed E-state index contributed by atoms with van der Waals surface area (Å²) in [5.41, 5.74) is 0.634. The van der Waals surface area contributed by atoms with Crippen LogP contribution in [0.5, 0.6) is 0 Å².